The van der Waals surface area contributed by atoms with Crippen LogP contribution in [0.4, 0.5) is 11.4 Å². The van der Waals surface area contributed by atoms with E-state index in [1.165, 1.54) is 6.07 Å². The molecule has 0 spiro atoms. The molecule has 5 nitrogen and oxygen atoms in total. The molecule has 134 valence electrons. The van der Waals surface area contributed by atoms with Gasteiger partial charge in [0.1, 0.15) is 5.75 Å². The fourth-order valence-electron chi connectivity index (χ4n) is 4.06. The maximum atomic E-state index is 11.6. The van der Waals surface area contributed by atoms with Crippen molar-refractivity contribution in [1.82, 2.24) is 0 Å². The van der Waals surface area contributed by atoms with Crippen molar-refractivity contribution in [3.05, 3.63) is 73.8 Å². The summed E-state index contributed by atoms with van der Waals surface area (Å²) < 4.78 is 5.47. The molecule has 1 N–H and O–H groups in total. The van der Waals surface area contributed by atoms with Gasteiger partial charge >= 0.3 is 0 Å². The Labute approximate surface area is 160 Å². The van der Waals surface area contributed by atoms with Crippen LogP contribution in [0.25, 0.3) is 0 Å². The molecule has 2 aliphatic rings. The number of nitrogens with zero attached hydrogens (tertiary/aromatic N) is 1. The third kappa shape index (κ3) is 2.54. The predicted octanol–water partition coefficient (Wildman–Crippen LogP) is 5.74. The summed E-state index contributed by atoms with van der Waals surface area (Å²) in [5, 5.41) is 16.0. The second-order valence-corrected chi connectivity index (χ2v) is 7.24. The first-order valence-corrected chi connectivity index (χ1v) is 9.01. The quantitative estimate of drug-likeness (QED) is 0.412. The molecule has 0 radical (unpaired) electrons. The van der Waals surface area contributed by atoms with E-state index in [0.717, 1.165) is 12.0 Å². The van der Waals surface area contributed by atoms with Crippen molar-refractivity contribution in [2.75, 3.05) is 12.4 Å². The number of hydrogen-bond donors (Lipinski definition) is 1. The summed E-state index contributed by atoms with van der Waals surface area (Å²) in [4.78, 5) is 11.2. The monoisotopic (exact) mass is 390 g/mol. The molecule has 4 rings (SSSR count). The van der Waals surface area contributed by atoms with E-state index in [0.29, 0.717) is 27.0 Å². The normalized spacial score (nSPS) is 23.1. The van der Waals surface area contributed by atoms with Crippen molar-refractivity contribution >= 4 is 34.6 Å². The molecular formula is C19H16Cl2N2O3. The van der Waals surface area contributed by atoms with Gasteiger partial charge in [0, 0.05) is 12.0 Å². The Bertz CT molecular complexity index is 929. The van der Waals surface area contributed by atoms with Gasteiger partial charge in [-0.25, -0.2) is 0 Å². The Morgan fingerprint density at radius 1 is 1.27 bits per heavy atom. The number of fused-ring (bicyclic) bond motifs is 3. The summed E-state index contributed by atoms with van der Waals surface area (Å²) in [6, 6.07) is 8.57. The molecule has 0 saturated heterocycles. The van der Waals surface area contributed by atoms with Crippen LogP contribution >= 0.6 is 23.2 Å². The van der Waals surface area contributed by atoms with E-state index in [-0.39, 0.29) is 28.5 Å². The van der Waals surface area contributed by atoms with Gasteiger partial charge in [-0.15, -0.1) is 0 Å². The van der Waals surface area contributed by atoms with Gasteiger partial charge in [0.2, 0.25) is 0 Å². The highest BCUT2D eigenvalue weighted by molar-refractivity contribution is 6.42. The number of halogens is 2. The molecule has 0 aromatic heterocycles. The number of rotatable bonds is 3. The van der Waals surface area contributed by atoms with Gasteiger partial charge in [0.05, 0.1) is 39.4 Å². The zero-order chi connectivity index (χ0) is 18.4. The number of nitrogens with one attached hydrogen (secondary N) is 1. The topological polar surface area (TPSA) is 64.4 Å². The number of benzene rings is 2. The SMILES string of the molecule is COc1ccc([N+](=O)[O-])c2c1N[C@H](c1cccc(Cl)c1Cl)[C@H]1CC=C[C@@H]21. The van der Waals surface area contributed by atoms with Crippen LogP contribution in [0, 0.1) is 16.0 Å². The number of allylic oxidation sites excluding steroid dienone is 2. The molecule has 2 aromatic carbocycles. The summed E-state index contributed by atoms with van der Waals surface area (Å²) >= 11 is 12.7. The molecule has 1 aliphatic heterocycles. The number of hydrogen-bond acceptors (Lipinski definition) is 4. The van der Waals surface area contributed by atoms with Gasteiger partial charge in [-0.05, 0) is 30.0 Å². The van der Waals surface area contributed by atoms with Crippen molar-refractivity contribution in [3.63, 3.8) is 0 Å². The third-order valence-corrected chi connectivity index (χ3v) is 6.03. The van der Waals surface area contributed by atoms with Crippen molar-refractivity contribution < 1.29 is 9.66 Å². The van der Waals surface area contributed by atoms with E-state index in [1.807, 2.05) is 18.2 Å². The summed E-state index contributed by atoms with van der Waals surface area (Å²) in [7, 11) is 1.56. The van der Waals surface area contributed by atoms with Gasteiger partial charge in [-0.3, -0.25) is 10.1 Å². The number of anilines is 1. The highest BCUT2D eigenvalue weighted by Crippen LogP contribution is 2.55. The second kappa shape index (κ2) is 6.49. The summed E-state index contributed by atoms with van der Waals surface area (Å²) in [5.74, 6) is 0.610. The van der Waals surface area contributed by atoms with E-state index in [9.17, 15) is 10.1 Å². The number of ether oxygens (including phenoxy) is 1. The number of methoxy groups -OCH3 is 1. The van der Waals surface area contributed by atoms with Crippen LogP contribution in [-0.2, 0) is 0 Å². The molecule has 0 saturated carbocycles. The smallest absolute Gasteiger partial charge is 0.275 e. The van der Waals surface area contributed by atoms with Crippen LogP contribution in [-0.4, -0.2) is 12.0 Å². The van der Waals surface area contributed by atoms with Gasteiger partial charge in [0.25, 0.3) is 5.69 Å². The van der Waals surface area contributed by atoms with Crippen LogP contribution in [0.15, 0.2) is 42.5 Å². The fraction of sp³-hybridized carbons (Fsp3) is 0.263. The van der Waals surface area contributed by atoms with Crippen LogP contribution in [0.3, 0.4) is 0 Å². The summed E-state index contributed by atoms with van der Waals surface area (Å²) in [5.41, 5.74) is 2.31. The van der Waals surface area contributed by atoms with Crippen LogP contribution < -0.4 is 10.1 Å². The Morgan fingerprint density at radius 2 is 2.08 bits per heavy atom. The van der Waals surface area contributed by atoms with Crippen molar-refractivity contribution in [2.45, 2.75) is 18.4 Å². The molecule has 0 bridgehead atoms. The molecule has 3 atom stereocenters. The molecule has 0 fully saturated rings. The first kappa shape index (κ1) is 17.2. The Morgan fingerprint density at radius 3 is 2.81 bits per heavy atom. The van der Waals surface area contributed by atoms with E-state index >= 15 is 0 Å². The predicted molar refractivity (Wildman–Crippen MR) is 102 cm³/mol. The van der Waals surface area contributed by atoms with Crippen LogP contribution in [0.5, 0.6) is 5.75 Å². The zero-order valence-electron chi connectivity index (χ0n) is 13.9. The fourth-order valence-corrected chi connectivity index (χ4v) is 4.49. The van der Waals surface area contributed by atoms with Gasteiger partial charge < -0.3 is 10.1 Å². The minimum absolute atomic E-state index is 0.0817. The Kier molecular flexibility index (Phi) is 4.29. The lowest BCUT2D eigenvalue weighted by molar-refractivity contribution is -0.385. The van der Waals surface area contributed by atoms with Crippen LogP contribution in [0.2, 0.25) is 10.0 Å². The molecule has 1 heterocycles. The molecule has 1 aliphatic carbocycles. The number of nitro groups is 1. The average molecular weight is 391 g/mol. The first-order chi connectivity index (χ1) is 12.5. The minimum atomic E-state index is -0.337. The molecule has 26 heavy (non-hydrogen) atoms. The maximum Gasteiger partial charge on any atom is 0.275 e. The van der Waals surface area contributed by atoms with Gasteiger partial charge in [-0.2, -0.15) is 0 Å². The van der Waals surface area contributed by atoms with E-state index in [1.54, 1.807) is 19.2 Å². The van der Waals surface area contributed by atoms with E-state index in [4.69, 9.17) is 27.9 Å². The molecule has 0 amide bonds. The minimum Gasteiger partial charge on any atom is -0.495 e. The average Bonchev–Trinajstić information content (AvgIpc) is 3.12. The van der Waals surface area contributed by atoms with Gasteiger partial charge in [0.15, 0.2) is 0 Å². The Balaban J connectivity index is 1.92. The second-order valence-electron chi connectivity index (χ2n) is 6.45. The molecule has 7 heteroatoms. The summed E-state index contributed by atoms with van der Waals surface area (Å²) in [6.45, 7) is 0. The van der Waals surface area contributed by atoms with Crippen molar-refractivity contribution in [3.8, 4) is 5.75 Å². The number of nitro benzene ring substituents is 1. The van der Waals surface area contributed by atoms with E-state index in [2.05, 4.69) is 11.4 Å². The van der Waals surface area contributed by atoms with E-state index < -0.39 is 0 Å². The lowest BCUT2D eigenvalue weighted by Gasteiger charge is -2.38. The summed E-state index contributed by atoms with van der Waals surface area (Å²) in [6.07, 6.45) is 4.92. The zero-order valence-corrected chi connectivity index (χ0v) is 15.4. The van der Waals surface area contributed by atoms with Gasteiger partial charge in [-0.1, -0.05) is 47.5 Å². The highest BCUT2D eigenvalue weighted by Gasteiger charge is 2.43. The van der Waals surface area contributed by atoms with Crippen molar-refractivity contribution in [1.29, 1.82) is 0 Å². The standard InChI is InChI=1S/C19H16Cl2N2O3/c1-26-15-9-8-14(23(24)25)16-10-4-2-5-11(10)18(22-19(15)16)12-6-3-7-13(20)17(12)21/h2-4,6-11,18,22H,5H2,1H3/t10-,11+,18+/m1/s1. The largest absolute Gasteiger partial charge is 0.495 e. The van der Waals surface area contributed by atoms with Crippen LogP contribution in [0.1, 0.15) is 29.5 Å². The lowest BCUT2D eigenvalue weighted by atomic mass is 9.76. The lowest BCUT2D eigenvalue weighted by Crippen LogP contribution is -2.30. The maximum absolute atomic E-state index is 11.6. The first-order valence-electron chi connectivity index (χ1n) is 8.25. The highest BCUT2D eigenvalue weighted by atomic mass is 35.5. The third-order valence-electron chi connectivity index (χ3n) is 5.19. The Hall–Kier alpha value is -2.24. The molecular weight excluding hydrogens is 375 g/mol. The van der Waals surface area contributed by atoms with Crippen molar-refractivity contribution in [2.24, 2.45) is 5.92 Å². The molecule has 2 aromatic rings. The molecule has 0 unspecified atom stereocenters.